The second kappa shape index (κ2) is 13.7. The van der Waals surface area contributed by atoms with Crippen LogP contribution in [0, 0.1) is 6.92 Å². The van der Waals surface area contributed by atoms with Gasteiger partial charge >= 0.3 is 8.60 Å². The van der Waals surface area contributed by atoms with Crippen molar-refractivity contribution in [3.05, 3.63) is 90.5 Å². The van der Waals surface area contributed by atoms with Crippen LogP contribution in [-0.2, 0) is 0 Å². The summed E-state index contributed by atoms with van der Waals surface area (Å²) in [6.07, 6.45) is 0. The second-order valence-corrected chi connectivity index (χ2v) is 5.93. The molecule has 0 aliphatic carbocycles. The van der Waals surface area contributed by atoms with Gasteiger partial charge in [-0.3, -0.25) is 0 Å². The van der Waals surface area contributed by atoms with E-state index in [0.29, 0.717) is 17.2 Å². The highest BCUT2D eigenvalue weighted by molar-refractivity contribution is 7.43. The Morgan fingerprint density at radius 3 is 1.19 bits per heavy atom. The molecule has 3 rings (SSSR count). The van der Waals surface area contributed by atoms with Crippen LogP contribution in [0.4, 0.5) is 0 Å². The van der Waals surface area contributed by atoms with Gasteiger partial charge in [-0.05, 0) is 43.3 Å². The molecule has 0 N–H and O–H groups in total. The predicted molar refractivity (Wildman–Crippen MR) is 116 cm³/mol. The van der Waals surface area contributed by atoms with E-state index in [1.54, 1.807) is 0 Å². The smallest absolute Gasteiger partial charge is 0.409 e. The zero-order valence-corrected chi connectivity index (χ0v) is 17.6. The molecular formula is C23H29O3P. The van der Waals surface area contributed by atoms with Crippen LogP contribution in [0.1, 0.15) is 33.3 Å². The molecule has 0 atom stereocenters. The van der Waals surface area contributed by atoms with Gasteiger partial charge in [-0.2, -0.15) is 0 Å². The lowest BCUT2D eigenvalue weighted by Gasteiger charge is -2.17. The maximum absolute atomic E-state index is 5.90. The van der Waals surface area contributed by atoms with Gasteiger partial charge in [0.25, 0.3) is 0 Å². The van der Waals surface area contributed by atoms with Gasteiger partial charge in [-0.25, -0.2) is 0 Å². The fraction of sp³-hybridized carbons (Fsp3) is 0.217. The lowest BCUT2D eigenvalue weighted by Crippen LogP contribution is -2.02. The molecule has 0 aromatic heterocycles. The van der Waals surface area contributed by atoms with Crippen molar-refractivity contribution in [2.75, 3.05) is 0 Å². The molecule has 3 aromatic rings. The van der Waals surface area contributed by atoms with E-state index in [-0.39, 0.29) is 0 Å². The highest BCUT2D eigenvalue weighted by atomic mass is 31.2. The summed E-state index contributed by atoms with van der Waals surface area (Å²) >= 11 is 0. The fourth-order valence-corrected chi connectivity index (χ4v) is 2.87. The monoisotopic (exact) mass is 384 g/mol. The van der Waals surface area contributed by atoms with E-state index in [1.807, 2.05) is 120 Å². The van der Waals surface area contributed by atoms with Crippen molar-refractivity contribution in [3.63, 3.8) is 0 Å². The van der Waals surface area contributed by atoms with Crippen molar-refractivity contribution in [2.45, 2.75) is 34.6 Å². The Bertz CT molecular complexity index is 674. The molecule has 0 saturated carbocycles. The summed E-state index contributed by atoms with van der Waals surface area (Å²) in [5.41, 5.74) is 1.18. The van der Waals surface area contributed by atoms with E-state index < -0.39 is 8.60 Å². The first-order valence-electron chi connectivity index (χ1n) is 9.30. The standard InChI is InChI=1S/C19H17O3P.2C2H6/c1-16-12-14-19(15-13-16)22-23(20-17-8-4-2-5-9-17)21-18-10-6-3-7-11-18;2*1-2/h2-15H,1H3;2*1-2H3. The molecule has 0 aliphatic heterocycles. The highest BCUT2D eigenvalue weighted by Crippen LogP contribution is 2.42. The predicted octanol–water partition coefficient (Wildman–Crippen LogP) is 7.81. The van der Waals surface area contributed by atoms with E-state index in [1.165, 1.54) is 5.56 Å². The van der Waals surface area contributed by atoms with Crippen LogP contribution in [-0.4, -0.2) is 0 Å². The first-order chi connectivity index (χ1) is 13.3. The van der Waals surface area contributed by atoms with Crippen LogP contribution in [0.15, 0.2) is 84.9 Å². The van der Waals surface area contributed by atoms with Crippen LogP contribution in [0.3, 0.4) is 0 Å². The van der Waals surface area contributed by atoms with E-state index in [4.69, 9.17) is 13.6 Å². The second-order valence-electron chi connectivity index (χ2n) is 4.94. The van der Waals surface area contributed by atoms with Gasteiger partial charge < -0.3 is 13.6 Å². The number of rotatable bonds is 6. The normalized spacial score (nSPS) is 9.26. The summed E-state index contributed by atoms with van der Waals surface area (Å²) in [5, 5.41) is 0. The average Bonchev–Trinajstić information content (AvgIpc) is 2.74. The lowest BCUT2D eigenvalue weighted by molar-refractivity contribution is 0.388. The maximum atomic E-state index is 5.90. The number of hydrogen-bond acceptors (Lipinski definition) is 3. The third kappa shape index (κ3) is 8.61. The van der Waals surface area contributed by atoms with Crippen LogP contribution in [0.25, 0.3) is 0 Å². The van der Waals surface area contributed by atoms with Crippen LogP contribution < -0.4 is 13.6 Å². The summed E-state index contributed by atoms with van der Waals surface area (Å²) in [5.74, 6) is 2.14. The summed E-state index contributed by atoms with van der Waals surface area (Å²) in [7, 11) is -1.60. The molecule has 144 valence electrons. The Labute approximate surface area is 164 Å². The zero-order valence-electron chi connectivity index (χ0n) is 16.8. The maximum Gasteiger partial charge on any atom is 0.530 e. The largest absolute Gasteiger partial charge is 0.530 e. The van der Waals surface area contributed by atoms with Gasteiger partial charge in [-0.1, -0.05) is 81.8 Å². The van der Waals surface area contributed by atoms with Gasteiger partial charge in [0.15, 0.2) is 0 Å². The molecule has 0 saturated heterocycles. The van der Waals surface area contributed by atoms with Crippen LogP contribution >= 0.6 is 8.60 Å². The molecule has 0 radical (unpaired) electrons. The molecule has 3 aromatic carbocycles. The minimum atomic E-state index is -1.60. The average molecular weight is 384 g/mol. The van der Waals surface area contributed by atoms with Gasteiger partial charge in [0.1, 0.15) is 17.2 Å². The first-order valence-corrected chi connectivity index (χ1v) is 10.4. The zero-order chi connectivity index (χ0) is 19.9. The number of hydrogen-bond donors (Lipinski definition) is 0. The van der Waals surface area contributed by atoms with E-state index >= 15 is 0 Å². The first kappa shape index (κ1) is 22.5. The Balaban J connectivity index is 0.000000855. The van der Waals surface area contributed by atoms with E-state index in [2.05, 4.69) is 0 Å². The van der Waals surface area contributed by atoms with E-state index in [9.17, 15) is 0 Å². The molecule has 3 nitrogen and oxygen atoms in total. The van der Waals surface area contributed by atoms with Crippen LogP contribution in [0.5, 0.6) is 17.2 Å². The molecular weight excluding hydrogens is 355 g/mol. The molecule has 0 unspecified atom stereocenters. The van der Waals surface area contributed by atoms with Crippen molar-refractivity contribution in [1.82, 2.24) is 0 Å². The highest BCUT2D eigenvalue weighted by Gasteiger charge is 2.19. The molecule has 27 heavy (non-hydrogen) atoms. The van der Waals surface area contributed by atoms with E-state index in [0.717, 1.165) is 0 Å². The Hall–Kier alpha value is -2.51. The molecule has 0 bridgehead atoms. The van der Waals surface area contributed by atoms with Gasteiger partial charge in [0.2, 0.25) is 0 Å². The molecule has 0 spiro atoms. The van der Waals surface area contributed by atoms with Crippen molar-refractivity contribution in [1.29, 1.82) is 0 Å². The van der Waals surface area contributed by atoms with Gasteiger partial charge in [0, 0.05) is 0 Å². The van der Waals surface area contributed by atoms with Crippen molar-refractivity contribution >= 4 is 8.60 Å². The quantitative estimate of drug-likeness (QED) is 0.406. The SMILES string of the molecule is CC.CC.Cc1ccc(OP(Oc2ccccc2)Oc2ccccc2)cc1. The van der Waals surface area contributed by atoms with Crippen molar-refractivity contribution in [3.8, 4) is 17.2 Å². The Morgan fingerprint density at radius 2 is 0.815 bits per heavy atom. The Morgan fingerprint density at radius 1 is 0.481 bits per heavy atom. The molecule has 0 amide bonds. The fourth-order valence-electron chi connectivity index (χ4n) is 1.88. The summed E-state index contributed by atoms with van der Waals surface area (Å²) in [6.45, 7) is 10.0. The van der Waals surface area contributed by atoms with Gasteiger partial charge in [-0.15, -0.1) is 0 Å². The minimum Gasteiger partial charge on any atom is -0.409 e. The third-order valence-electron chi connectivity index (χ3n) is 3.05. The molecule has 4 heteroatoms. The minimum absolute atomic E-state index is 0.710. The molecule has 0 aliphatic rings. The Kier molecular flexibility index (Phi) is 11.4. The molecule has 0 heterocycles. The molecule has 0 fully saturated rings. The van der Waals surface area contributed by atoms with Crippen LogP contribution in [0.2, 0.25) is 0 Å². The number of benzene rings is 3. The summed E-state index contributed by atoms with van der Waals surface area (Å²) in [4.78, 5) is 0. The van der Waals surface area contributed by atoms with Crippen molar-refractivity contribution < 1.29 is 13.6 Å². The number of aryl methyl sites for hydroxylation is 1. The summed E-state index contributed by atoms with van der Waals surface area (Å²) < 4.78 is 17.6. The van der Waals surface area contributed by atoms with Gasteiger partial charge in [0.05, 0.1) is 0 Å². The summed E-state index contributed by atoms with van der Waals surface area (Å²) in [6, 6.07) is 26.8. The third-order valence-corrected chi connectivity index (χ3v) is 4.13. The van der Waals surface area contributed by atoms with Crippen molar-refractivity contribution in [2.24, 2.45) is 0 Å². The number of para-hydroxylation sites is 2. The topological polar surface area (TPSA) is 27.7 Å². The lowest BCUT2D eigenvalue weighted by atomic mass is 10.2.